The Kier molecular flexibility index (Phi) is 7.68. The van der Waals surface area contributed by atoms with Gasteiger partial charge in [-0.15, -0.1) is 0 Å². The number of amides is 1. The molecule has 0 aliphatic rings. The molecule has 0 radical (unpaired) electrons. The molecule has 0 bridgehead atoms. The molecule has 1 aromatic heterocycles. The lowest BCUT2D eigenvalue weighted by atomic mass is 9.95. The molecule has 0 atom stereocenters. The fourth-order valence-electron chi connectivity index (χ4n) is 3.14. The van der Waals surface area contributed by atoms with Crippen molar-refractivity contribution < 1.29 is 28.4 Å². The van der Waals surface area contributed by atoms with Crippen LogP contribution in [-0.2, 0) is 16.1 Å². The Bertz CT molecular complexity index is 1130. The predicted molar refractivity (Wildman–Crippen MR) is 123 cm³/mol. The SMILES string of the molecule is CC(C)(C)CN(Cc1ccc(Oc2ccccc2)cc1)C(=O)COC(=O)c1ccc([N+](=O)[O-])o1. The van der Waals surface area contributed by atoms with Gasteiger partial charge in [-0.3, -0.25) is 14.9 Å². The van der Waals surface area contributed by atoms with Crippen molar-refractivity contribution in [3.63, 3.8) is 0 Å². The van der Waals surface area contributed by atoms with E-state index in [9.17, 15) is 19.7 Å². The van der Waals surface area contributed by atoms with E-state index in [0.717, 1.165) is 23.4 Å². The van der Waals surface area contributed by atoms with E-state index in [0.29, 0.717) is 18.8 Å². The van der Waals surface area contributed by atoms with Crippen LogP contribution in [0.2, 0.25) is 0 Å². The molecule has 0 aliphatic heterocycles. The third kappa shape index (κ3) is 7.19. The summed E-state index contributed by atoms with van der Waals surface area (Å²) in [5.41, 5.74) is 0.684. The number of hydrogen-bond acceptors (Lipinski definition) is 7. The second kappa shape index (κ2) is 10.7. The molecule has 9 heteroatoms. The Morgan fingerprint density at radius 3 is 2.21 bits per heavy atom. The number of hydrogen-bond donors (Lipinski definition) is 0. The molecule has 0 saturated carbocycles. The molecule has 0 fully saturated rings. The van der Waals surface area contributed by atoms with Crippen LogP contribution < -0.4 is 4.74 Å². The monoisotopic (exact) mass is 466 g/mol. The first-order chi connectivity index (χ1) is 16.1. The minimum Gasteiger partial charge on any atom is -0.457 e. The highest BCUT2D eigenvalue weighted by atomic mass is 16.7. The fraction of sp³-hybridized carbons (Fsp3) is 0.280. The van der Waals surface area contributed by atoms with Crippen molar-refractivity contribution in [2.24, 2.45) is 5.41 Å². The van der Waals surface area contributed by atoms with Crippen molar-refractivity contribution >= 4 is 17.8 Å². The van der Waals surface area contributed by atoms with Crippen molar-refractivity contribution in [2.75, 3.05) is 13.2 Å². The summed E-state index contributed by atoms with van der Waals surface area (Å²) in [6, 6.07) is 19.0. The van der Waals surface area contributed by atoms with Gasteiger partial charge in [0.1, 0.15) is 16.4 Å². The Labute approximate surface area is 197 Å². The molecule has 9 nitrogen and oxygen atoms in total. The van der Waals surface area contributed by atoms with Crippen LogP contribution in [0, 0.1) is 15.5 Å². The predicted octanol–water partition coefficient (Wildman–Crippen LogP) is 5.21. The molecule has 0 N–H and O–H groups in total. The van der Waals surface area contributed by atoms with Crippen molar-refractivity contribution in [1.82, 2.24) is 4.90 Å². The molecule has 34 heavy (non-hydrogen) atoms. The lowest BCUT2D eigenvalue weighted by Crippen LogP contribution is -2.39. The Morgan fingerprint density at radius 2 is 1.62 bits per heavy atom. The smallest absolute Gasteiger partial charge is 0.433 e. The highest BCUT2D eigenvalue weighted by Gasteiger charge is 2.24. The van der Waals surface area contributed by atoms with Crippen LogP contribution in [0.25, 0.3) is 0 Å². The van der Waals surface area contributed by atoms with Crippen LogP contribution >= 0.6 is 0 Å². The van der Waals surface area contributed by atoms with Gasteiger partial charge < -0.3 is 18.8 Å². The third-order valence-electron chi connectivity index (χ3n) is 4.59. The van der Waals surface area contributed by atoms with E-state index in [1.165, 1.54) is 0 Å². The van der Waals surface area contributed by atoms with Crippen LogP contribution in [0.5, 0.6) is 11.5 Å². The standard InChI is InChI=1S/C25H26N2O7/c1-25(2,3)17-26(22(28)16-32-24(29)21-13-14-23(34-21)27(30)31)15-18-9-11-20(12-10-18)33-19-7-5-4-6-8-19/h4-14H,15-17H2,1-3H3. The zero-order valence-corrected chi connectivity index (χ0v) is 19.2. The minimum absolute atomic E-state index is 0.197. The average Bonchev–Trinajstić information content (AvgIpc) is 3.29. The number of benzene rings is 2. The zero-order valence-electron chi connectivity index (χ0n) is 19.2. The van der Waals surface area contributed by atoms with Gasteiger partial charge in [0.05, 0.1) is 6.07 Å². The largest absolute Gasteiger partial charge is 0.457 e. The molecule has 178 valence electrons. The zero-order chi connectivity index (χ0) is 24.7. The summed E-state index contributed by atoms with van der Waals surface area (Å²) >= 11 is 0. The molecule has 0 aliphatic carbocycles. The Morgan fingerprint density at radius 1 is 0.971 bits per heavy atom. The van der Waals surface area contributed by atoms with Crippen molar-refractivity contribution in [1.29, 1.82) is 0 Å². The lowest BCUT2D eigenvalue weighted by Gasteiger charge is -2.30. The fourth-order valence-corrected chi connectivity index (χ4v) is 3.14. The van der Waals surface area contributed by atoms with Gasteiger partial charge in [-0.2, -0.15) is 0 Å². The number of nitro groups is 1. The molecule has 0 unspecified atom stereocenters. The summed E-state index contributed by atoms with van der Waals surface area (Å²) in [5.74, 6) is -0.856. The summed E-state index contributed by atoms with van der Waals surface area (Å²) in [4.78, 5) is 36.5. The first-order valence-electron chi connectivity index (χ1n) is 10.6. The topological polar surface area (TPSA) is 112 Å². The molecule has 2 aromatic carbocycles. The number of ether oxygens (including phenoxy) is 2. The molecule has 3 rings (SSSR count). The number of rotatable bonds is 9. The highest BCUT2D eigenvalue weighted by molar-refractivity contribution is 5.89. The van der Waals surface area contributed by atoms with E-state index in [1.807, 2.05) is 75.4 Å². The van der Waals surface area contributed by atoms with E-state index < -0.39 is 29.3 Å². The van der Waals surface area contributed by atoms with Crippen LogP contribution in [0.1, 0.15) is 36.9 Å². The second-order valence-electron chi connectivity index (χ2n) is 8.84. The van der Waals surface area contributed by atoms with Crippen LogP contribution in [0.4, 0.5) is 5.88 Å². The van der Waals surface area contributed by atoms with Gasteiger partial charge in [0.25, 0.3) is 5.91 Å². The molecule has 1 heterocycles. The number of nitrogens with zero attached hydrogens (tertiary/aromatic N) is 2. The number of esters is 1. The van der Waals surface area contributed by atoms with Gasteiger partial charge in [0.15, 0.2) is 6.61 Å². The molecular formula is C25H26N2O7. The van der Waals surface area contributed by atoms with Gasteiger partial charge in [0.2, 0.25) is 5.76 Å². The Balaban J connectivity index is 1.63. The van der Waals surface area contributed by atoms with Gasteiger partial charge >= 0.3 is 11.9 Å². The van der Waals surface area contributed by atoms with Crippen molar-refractivity contribution in [3.05, 3.63) is 88.2 Å². The molecule has 3 aromatic rings. The highest BCUT2D eigenvalue weighted by Crippen LogP contribution is 2.23. The van der Waals surface area contributed by atoms with Crippen LogP contribution in [0.3, 0.4) is 0 Å². The number of carbonyl (C=O) groups excluding carboxylic acids is 2. The first kappa shape index (κ1) is 24.5. The normalized spacial score (nSPS) is 11.0. The van der Waals surface area contributed by atoms with Crippen molar-refractivity contribution in [3.8, 4) is 11.5 Å². The molecular weight excluding hydrogens is 440 g/mol. The summed E-state index contributed by atoms with van der Waals surface area (Å²) in [6.45, 7) is 6.22. The summed E-state index contributed by atoms with van der Waals surface area (Å²) in [6.07, 6.45) is 0. The van der Waals surface area contributed by atoms with Crippen molar-refractivity contribution in [2.45, 2.75) is 27.3 Å². The quantitative estimate of drug-likeness (QED) is 0.242. The molecule has 0 spiro atoms. The maximum atomic E-state index is 12.9. The molecule has 0 saturated heterocycles. The van der Waals surface area contributed by atoms with Gasteiger partial charge in [0, 0.05) is 13.1 Å². The van der Waals surface area contributed by atoms with Crippen LogP contribution in [-0.4, -0.2) is 34.9 Å². The van der Waals surface area contributed by atoms with E-state index in [2.05, 4.69) is 0 Å². The van der Waals surface area contributed by atoms with Gasteiger partial charge in [-0.05, 0) is 41.3 Å². The van der Waals surface area contributed by atoms with E-state index in [-0.39, 0.29) is 11.2 Å². The maximum Gasteiger partial charge on any atom is 0.433 e. The van der Waals surface area contributed by atoms with Crippen LogP contribution in [0.15, 0.2) is 71.1 Å². The van der Waals surface area contributed by atoms with Gasteiger partial charge in [-0.25, -0.2) is 4.79 Å². The summed E-state index contributed by atoms with van der Waals surface area (Å²) in [7, 11) is 0. The maximum absolute atomic E-state index is 12.9. The lowest BCUT2D eigenvalue weighted by molar-refractivity contribution is -0.402. The first-order valence-corrected chi connectivity index (χ1v) is 10.6. The van der Waals surface area contributed by atoms with E-state index >= 15 is 0 Å². The van der Waals surface area contributed by atoms with Gasteiger partial charge in [-0.1, -0.05) is 51.1 Å². The number of para-hydroxylation sites is 1. The minimum atomic E-state index is -0.945. The number of furan rings is 1. The third-order valence-corrected chi connectivity index (χ3v) is 4.59. The second-order valence-corrected chi connectivity index (χ2v) is 8.84. The summed E-state index contributed by atoms with van der Waals surface area (Å²) in [5, 5.41) is 10.7. The molecule has 1 amide bonds. The number of carbonyl (C=O) groups is 2. The summed E-state index contributed by atoms with van der Waals surface area (Å²) < 4.78 is 15.7. The Hall–Kier alpha value is -4.14. The van der Waals surface area contributed by atoms with E-state index in [4.69, 9.17) is 13.9 Å². The average molecular weight is 466 g/mol. The van der Waals surface area contributed by atoms with E-state index in [1.54, 1.807) is 4.90 Å².